The van der Waals surface area contributed by atoms with Gasteiger partial charge in [0, 0.05) is 37.8 Å². The van der Waals surface area contributed by atoms with Gasteiger partial charge in [-0.05, 0) is 30.3 Å². The maximum Gasteiger partial charge on any atom is 0.338 e. The third-order valence-corrected chi connectivity index (χ3v) is 5.41. The molecule has 0 aliphatic carbocycles. The number of methoxy groups -OCH3 is 1. The van der Waals surface area contributed by atoms with E-state index in [1.54, 1.807) is 17.0 Å². The van der Waals surface area contributed by atoms with Gasteiger partial charge in [0.15, 0.2) is 0 Å². The van der Waals surface area contributed by atoms with E-state index < -0.39 is 10.9 Å². The number of rotatable bonds is 4. The van der Waals surface area contributed by atoms with Crippen LogP contribution in [0.2, 0.25) is 10.0 Å². The van der Waals surface area contributed by atoms with E-state index in [1.165, 1.54) is 31.4 Å². The van der Waals surface area contributed by atoms with E-state index in [0.717, 1.165) is 0 Å². The third kappa shape index (κ3) is 4.44. The molecule has 0 saturated carbocycles. The Kier molecular flexibility index (Phi) is 6.24. The topological polar surface area (TPSA) is 93.0 Å². The molecule has 2 aromatic carbocycles. The maximum atomic E-state index is 12.7. The minimum atomic E-state index is -0.642. The SMILES string of the molecule is COC(=O)c1ccc(N2CCN(C(=O)c3ccc(Cl)c(Cl)c3)CC2)c([N+](=O)[O-])c1. The number of amides is 1. The van der Waals surface area contributed by atoms with Crippen LogP contribution in [0.1, 0.15) is 20.7 Å². The first-order valence-electron chi connectivity index (χ1n) is 8.68. The second-order valence-corrected chi connectivity index (χ2v) is 7.17. The first-order chi connectivity index (χ1) is 13.8. The number of anilines is 1. The number of nitrogens with zero attached hydrogens (tertiary/aromatic N) is 3. The van der Waals surface area contributed by atoms with Crippen LogP contribution in [0.3, 0.4) is 0 Å². The molecule has 152 valence electrons. The normalized spacial score (nSPS) is 13.9. The zero-order valence-corrected chi connectivity index (χ0v) is 16.9. The van der Waals surface area contributed by atoms with Crippen LogP contribution >= 0.6 is 23.2 Å². The van der Waals surface area contributed by atoms with Gasteiger partial charge in [0.25, 0.3) is 11.6 Å². The summed E-state index contributed by atoms with van der Waals surface area (Å²) < 4.78 is 4.62. The number of ether oxygens (including phenoxy) is 1. The van der Waals surface area contributed by atoms with Crippen molar-refractivity contribution in [2.75, 3.05) is 38.2 Å². The van der Waals surface area contributed by atoms with Gasteiger partial charge in [-0.25, -0.2) is 4.79 Å². The highest BCUT2D eigenvalue weighted by molar-refractivity contribution is 6.42. The van der Waals surface area contributed by atoms with Crippen LogP contribution in [0.15, 0.2) is 36.4 Å². The molecule has 1 saturated heterocycles. The number of halogens is 2. The first-order valence-corrected chi connectivity index (χ1v) is 9.43. The quantitative estimate of drug-likeness (QED) is 0.411. The van der Waals surface area contributed by atoms with Crippen LogP contribution in [0.25, 0.3) is 0 Å². The number of nitro benzene ring substituents is 1. The van der Waals surface area contributed by atoms with Gasteiger partial charge in [0.05, 0.1) is 27.6 Å². The molecule has 1 aliphatic rings. The smallest absolute Gasteiger partial charge is 0.338 e. The van der Waals surface area contributed by atoms with Crippen molar-refractivity contribution in [2.24, 2.45) is 0 Å². The number of carbonyl (C=O) groups is 2. The highest BCUT2D eigenvalue weighted by atomic mass is 35.5. The second-order valence-electron chi connectivity index (χ2n) is 6.36. The molecule has 29 heavy (non-hydrogen) atoms. The Hall–Kier alpha value is -2.84. The highest BCUT2D eigenvalue weighted by Crippen LogP contribution is 2.31. The summed E-state index contributed by atoms with van der Waals surface area (Å²) in [6, 6.07) is 8.92. The molecule has 0 radical (unpaired) electrons. The molecule has 10 heteroatoms. The van der Waals surface area contributed by atoms with E-state index >= 15 is 0 Å². The van der Waals surface area contributed by atoms with Crippen LogP contribution in [0.4, 0.5) is 11.4 Å². The molecular weight excluding hydrogens is 421 g/mol. The van der Waals surface area contributed by atoms with Crippen molar-refractivity contribution in [3.8, 4) is 0 Å². The summed E-state index contributed by atoms with van der Waals surface area (Å²) in [4.78, 5) is 38.8. The summed E-state index contributed by atoms with van der Waals surface area (Å²) in [5.41, 5.74) is 0.749. The molecular formula is C19H17Cl2N3O5. The van der Waals surface area contributed by atoms with Crippen molar-refractivity contribution in [1.29, 1.82) is 0 Å². The Morgan fingerprint density at radius 1 is 1.00 bits per heavy atom. The number of nitro groups is 1. The van der Waals surface area contributed by atoms with Gasteiger partial charge in [-0.15, -0.1) is 0 Å². The fraction of sp³-hybridized carbons (Fsp3) is 0.263. The Morgan fingerprint density at radius 3 is 2.24 bits per heavy atom. The lowest BCUT2D eigenvalue weighted by Crippen LogP contribution is -2.49. The predicted octanol–water partition coefficient (Wildman–Crippen LogP) is 3.65. The molecule has 2 aromatic rings. The Balaban J connectivity index is 1.75. The first kappa shape index (κ1) is 20.9. The number of benzene rings is 2. The molecule has 3 rings (SSSR count). The lowest BCUT2D eigenvalue weighted by Gasteiger charge is -2.36. The van der Waals surface area contributed by atoms with Crippen molar-refractivity contribution < 1.29 is 19.2 Å². The molecule has 1 fully saturated rings. The molecule has 0 atom stereocenters. The van der Waals surface area contributed by atoms with Crippen molar-refractivity contribution in [3.63, 3.8) is 0 Å². The van der Waals surface area contributed by atoms with E-state index in [0.29, 0.717) is 47.5 Å². The molecule has 0 spiro atoms. The maximum absolute atomic E-state index is 12.7. The summed E-state index contributed by atoms with van der Waals surface area (Å²) in [6.45, 7) is 1.58. The number of hydrogen-bond acceptors (Lipinski definition) is 6. The third-order valence-electron chi connectivity index (χ3n) is 4.67. The molecule has 1 amide bonds. The van der Waals surface area contributed by atoms with Crippen molar-refractivity contribution in [3.05, 3.63) is 67.7 Å². The van der Waals surface area contributed by atoms with E-state index in [2.05, 4.69) is 4.74 Å². The minimum absolute atomic E-state index is 0.108. The highest BCUT2D eigenvalue weighted by Gasteiger charge is 2.27. The van der Waals surface area contributed by atoms with Gasteiger partial charge in [0.2, 0.25) is 0 Å². The molecule has 0 bridgehead atoms. The average Bonchev–Trinajstić information content (AvgIpc) is 2.74. The summed E-state index contributed by atoms with van der Waals surface area (Å²) in [5, 5.41) is 12.2. The Labute approximate surface area is 176 Å². The zero-order valence-electron chi connectivity index (χ0n) is 15.4. The number of piperazine rings is 1. The molecule has 1 heterocycles. The fourth-order valence-corrected chi connectivity index (χ4v) is 3.44. The zero-order chi connectivity index (χ0) is 21.1. The second kappa shape index (κ2) is 8.67. The van der Waals surface area contributed by atoms with Gasteiger partial charge in [0.1, 0.15) is 5.69 Å². The molecule has 0 N–H and O–H groups in total. The average molecular weight is 438 g/mol. The summed E-state index contributed by atoms with van der Waals surface area (Å²) in [7, 11) is 1.21. The van der Waals surface area contributed by atoms with Crippen LogP contribution < -0.4 is 4.90 Å². The lowest BCUT2D eigenvalue weighted by atomic mass is 10.1. The van der Waals surface area contributed by atoms with Crippen molar-refractivity contribution >= 4 is 46.5 Å². The number of hydrogen-bond donors (Lipinski definition) is 0. The largest absolute Gasteiger partial charge is 0.465 e. The summed E-state index contributed by atoms with van der Waals surface area (Å²) in [5.74, 6) is -0.824. The molecule has 0 aromatic heterocycles. The van der Waals surface area contributed by atoms with E-state index in [1.807, 2.05) is 4.90 Å². The van der Waals surface area contributed by atoms with Crippen LogP contribution in [-0.2, 0) is 4.74 Å². The van der Waals surface area contributed by atoms with E-state index in [4.69, 9.17) is 23.2 Å². The van der Waals surface area contributed by atoms with Crippen LogP contribution in [0.5, 0.6) is 0 Å². The molecule has 1 aliphatic heterocycles. The number of carbonyl (C=O) groups excluding carboxylic acids is 2. The minimum Gasteiger partial charge on any atom is -0.465 e. The van der Waals surface area contributed by atoms with Gasteiger partial charge >= 0.3 is 5.97 Å². The predicted molar refractivity (Wildman–Crippen MR) is 109 cm³/mol. The monoisotopic (exact) mass is 437 g/mol. The standard InChI is InChI=1S/C19H17Cl2N3O5/c1-29-19(26)13-3-5-16(17(11-13)24(27)28)22-6-8-23(9-7-22)18(25)12-2-4-14(20)15(21)10-12/h2-5,10-11H,6-9H2,1H3. The van der Waals surface area contributed by atoms with Gasteiger partial charge in [-0.3, -0.25) is 14.9 Å². The van der Waals surface area contributed by atoms with Crippen LogP contribution in [0, 0.1) is 10.1 Å². The Bertz CT molecular complexity index is 974. The van der Waals surface area contributed by atoms with Crippen molar-refractivity contribution in [1.82, 2.24) is 4.90 Å². The lowest BCUT2D eigenvalue weighted by molar-refractivity contribution is -0.384. The fourth-order valence-electron chi connectivity index (χ4n) is 3.14. The van der Waals surface area contributed by atoms with Gasteiger partial charge in [-0.2, -0.15) is 0 Å². The summed E-state index contributed by atoms with van der Waals surface area (Å²) in [6.07, 6.45) is 0. The van der Waals surface area contributed by atoms with Gasteiger partial charge < -0.3 is 14.5 Å². The summed E-state index contributed by atoms with van der Waals surface area (Å²) >= 11 is 11.9. The van der Waals surface area contributed by atoms with E-state index in [-0.39, 0.29) is 17.2 Å². The van der Waals surface area contributed by atoms with Crippen molar-refractivity contribution in [2.45, 2.75) is 0 Å². The molecule has 8 nitrogen and oxygen atoms in total. The number of esters is 1. The Morgan fingerprint density at radius 2 is 1.66 bits per heavy atom. The van der Waals surface area contributed by atoms with E-state index in [9.17, 15) is 19.7 Å². The van der Waals surface area contributed by atoms with Crippen LogP contribution in [-0.4, -0.2) is 55.0 Å². The molecule has 0 unspecified atom stereocenters. The van der Waals surface area contributed by atoms with Gasteiger partial charge in [-0.1, -0.05) is 23.2 Å².